The van der Waals surface area contributed by atoms with E-state index in [1.54, 1.807) is 0 Å². The zero-order valence-electron chi connectivity index (χ0n) is 15.0. The molecule has 0 unspecified atom stereocenters. The van der Waals surface area contributed by atoms with Crippen LogP contribution in [0.25, 0.3) is 0 Å². The van der Waals surface area contributed by atoms with Crippen LogP contribution < -0.4 is 5.32 Å². The monoisotopic (exact) mass is 401 g/mol. The molecule has 5 atom stereocenters. The van der Waals surface area contributed by atoms with Crippen LogP contribution in [0.3, 0.4) is 0 Å². The van der Waals surface area contributed by atoms with Crippen LogP contribution in [0, 0.1) is 17.8 Å². The molecule has 5 rings (SSSR count). The third-order valence-electron chi connectivity index (χ3n) is 6.82. The fourth-order valence-electron chi connectivity index (χ4n) is 5.80. The van der Waals surface area contributed by atoms with Gasteiger partial charge in [-0.25, -0.2) is 4.79 Å². The van der Waals surface area contributed by atoms with Gasteiger partial charge in [-0.3, -0.25) is 0 Å². The first-order valence-electron chi connectivity index (χ1n) is 9.51. The Kier molecular flexibility index (Phi) is 4.14. The summed E-state index contributed by atoms with van der Waals surface area (Å²) in [6, 6.07) is 11.9. The zero-order chi connectivity index (χ0) is 18.7. The average molecular weight is 402 g/mol. The predicted octanol–water partition coefficient (Wildman–Crippen LogP) is 6.08. The maximum atomic E-state index is 12.0. The van der Waals surface area contributed by atoms with Crippen LogP contribution in [0.5, 0.6) is 0 Å². The lowest BCUT2D eigenvalue weighted by Gasteiger charge is -2.44. The van der Waals surface area contributed by atoms with Crippen LogP contribution in [0.2, 0.25) is 10.0 Å². The Labute approximate surface area is 169 Å². The molecule has 3 aliphatic rings. The van der Waals surface area contributed by atoms with Crippen LogP contribution in [-0.4, -0.2) is 13.1 Å². The van der Waals surface area contributed by atoms with E-state index >= 15 is 0 Å². The summed E-state index contributed by atoms with van der Waals surface area (Å²) in [6.45, 7) is 0. The quantitative estimate of drug-likeness (QED) is 0.619. The largest absolute Gasteiger partial charge is 0.465 e. The van der Waals surface area contributed by atoms with E-state index in [1.807, 2.05) is 30.3 Å². The number of hydrogen-bond acceptors (Lipinski definition) is 3. The van der Waals surface area contributed by atoms with E-state index in [0.29, 0.717) is 39.3 Å². The lowest BCUT2D eigenvalue weighted by molar-refractivity contribution is 0.0600. The second kappa shape index (κ2) is 6.42. The standard InChI is InChI=1S/C22H21Cl2NO2/c1-27-22(26)13-7-8-17-15(10-13)18-11-5-6-12(9-11)19(18)21(25-17)14-3-2-4-16(23)20(14)24/h2-4,7-8,10-12,18-19,21,25H,5-6,9H2,1H3/t11-,12-,18-,19+,21+/m0/s1. The van der Waals surface area contributed by atoms with Crippen molar-refractivity contribution in [2.75, 3.05) is 12.4 Å². The molecule has 3 nitrogen and oxygen atoms in total. The van der Waals surface area contributed by atoms with E-state index in [9.17, 15) is 4.79 Å². The topological polar surface area (TPSA) is 38.3 Å². The minimum absolute atomic E-state index is 0.146. The molecular weight excluding hydrogens is 381 g/mol. The van der Waals surface area contributed by atoms with Gasteiger partial charge in [0.05, 0.1) is 28.8 Å². The SMILES string of the molecule is COC(=O)c1ccc2c(c1)[C@@H]1[C@H]3CC[C@@H](C3)[C@H]1[C@@H](c1cccc(Cl)c1Cl)N2. The number of anilines is 1. The highest BCUT2D eigenvalue weighted by molar-refractivity contribution is 6.42. The van der Waals surface area contributed by atoms with Crippen molar-refractivity contribution >= 4 is 34.9 Å². The molecule has 5 heteroatoms. The Hall–Kier alpha value is -1.71. The van der Waals surface area contributed by atoms with Crippen LogP contribution in [0.4, 0.5) is 5.69 Å². The smallest absolute Gasteiger partial charge is 0.337 e. The van der Waals surface area contributed by atoms with E-state index in [1.165, 1.54) is 31.9 Å². The van der Waals surface area contributed by atoms with Gasteiger partial charge in [-0.05, 0) is 78.3 Å². The molecule has 0 aromatic heterocycles. The van der Waals surface area contributed by atoms with E-state index in [-0.39, 0.29) is 12.0 Å². The number of esters is 1. The lowest BCUT2D eigenvalue weighted by atomic mass is 9.68. The molecule has 2 fully saturated rings. The first-order chi connectivity index (χ1) is 13.1. The minimum atomic E-state index is -0.280. The predicted molar refractivity (Wildman–Crippen MR) is 108 cm³/mol. The first-order valence-corrected chi connectivity index (χ1v) is 10.3. The fraction of sp³-hybridized carbons (Fsp3) is 0.409. The summed E-state index contributed by atoms with van der Waals surface area (Å²) in [5, 5.41) is 4.97. The van der Waals surface area contributed by atoms with Gasteiger partial charge in [0.1, 0.15) is 0 Å². The molecule has 27 heavy (non-hydrogen) atoms. The normalized spacial score (nSPS) is 30.4. The van der Waals surface area contributed by atoms with Gasteiger partial charge in [-0.15, -0.1) is 0 Å². The van der Waals surface area contributed by atoms with Crippen molar-refractivity contribution in [3.05, 3.63) is 63.1 Å². The highest BCUT2D eigenvalue weighted by atomic mass is 35.5. The summed E-state index contributed by atoms with van der Waals surface area (Å²) < 4.78 is 4.93. The number of hydrogen-bond donors (Lipinski definition) is 1. The molecule has 2 aromatic carbocycles. The van der Waals surface area contributed by atoms with Gasteiger partial charge < -0.3 is 10.1 Å². The summed E-state index contributed by atoms with van der Waals surface area (Å²) in [7, 11) is 1.43. The van der Waals surface area contributed by atoms with Crippen molar-refractivity contribution in [2.45, 2.75) is 31.2 Å². The summed E-state index contributed by atoms with van der Waals surface area (Å²) in [5.74, 6) is 2.00. The van der Waals surface area contributed by atoms with Crippen LogP contribution in [-0.2, 0) is 4.74 Å². The van der Waals surface area contributed by atoms with E-state index in [4.69, 9.17) is 27.9 Å². The molecule has 0 radical (unpaired) electrons. The molecule has 2 saturated carbocycles. The van der Waals surface area contributed by atoms with Gasteiger partial charge in [-0.2, -0.15) is 0 Å². The fourth-order valence-corrected chi connectivity index (χ4v) is 6.23. The Bertz CT molecular complexity index is 929. The van der Waals surface area contributed by atoms with Crippen molar-refractivity contribution in [1.82, 2.24) is 0 Å². The van der Waals surface area contributed by atoms with Crippen molar-refractivity contribution in [1.29, 1.82) is 0 Å². The number of methoxy groups -OCH3 is 1. The van der Waals surface area contributed by atoms with E-state index in [0.717, 1.165) is 11.3 Å². The van der Waals surface area contributed by atoms with Crippen LogP contribution in [0.15, 0.2) is 36.4 Å². The Morgan fingerprint density at radius 2 is 1.93 bits per heavy atom. The Morgan fingerprint density at radius 3 is 2.74 bits per heavy atom. The van der Waals surface area contributed by atoms with Crippen LogP contribution in [0.1, 0.15) is 52.7 Å². The number of rotatable bonds is 2. The molecule has 1 heterocycles. The number of fused-ring (bicyclic) bond motifs is 7. The van der Waals surface area contributed by atoms with Gasteiger partial charge in [0, 0.05) is 5.69 Å². The summed E-state index contributed by atoms with van der Waals surface area (Å²) in [6.07, 6.45) is 3.80. The molecule has 2 aliphatic carbocycles. The molecule has 0 saturated heterocycles. The Balaban J connectivity index is 1.63. The number of nitrogens with one attached hydrogen (secondary N) is 1. The zero-order valence-corrected chi connectivity index (χ0v) is 16.6. The molecule has 140 valence electrons. The van der Waals surface area contributed by atoms with E-state index < -0.39 is 0 Å². The summed E-state index contributed by atoms with van der Waals surface area (Å²) in [4.78, 5) is 12.0. The van der Waals surface area contributed by atoms with Gasteiger partial charge >= 0.3 is 5.97 Å². The average Bonchev–Trinajstić information content (AvgIpc) is 3.31. The second-order valence-corrected chi connectivity index (χ2v) is 8.78. The Morgan fingerprint density at radius 1 is 1.11 bits per heavy atom. The van der Waals surface area contributed by atoms with Crippen LogP contribution >= 0.6 is 23.2 Å². The van der Waals surface area contributed by atoms with Gasteiger partial charge in [0.2, 0.25) is 0 Å². The third kappa shape index (κ3) is 2.59. The van der Waals surface area contributed by atoms with Gasteiger partial charge in [0.15, 0.2) is 0 Å². The number of carbonyl (C=O) groups excluding carboxylic acids is 1. The number of halogens is 2. The minimum Gasteiger partial charge on any atom is -0.465 e. The van der Waals surface area contributed by atoms with Crippen molar-refractivity contribution < 1.29 is 9.53 Å². The maximum absolute atomic E-state index is 12.0. The lowest BCUT2D eigenvalue weighted by Crippen LogP contribution is -2.35. The number of benzene rings is 2. The molecule has 0 amide bonds. The number of ether oxygens (including phenoxy) is 1. The maximum Gasteiger partial charge on any atom is 0.337 e. The summed E-state index contributed by atoms with van der Waals surface area (Å²) in [5.41, 5.74) is 4.05. The van der Waals surface area contributed by atoms with Gasteiger partial charge in [-0.1, -0.05) is 35.3 Å². The first kappa shape index (κ1) is 17.4. The molecule has 1 aliphatic heterocycles. The van der Waals surface area contributed by atoms with Crippen molar-refractivity contribution in [2.24, 2.45) is 17.8 Å². The highest BCUT2D eigenvalue weighted by Crippen LogP contribution is 2.64. The molecule has 0 spiro atoms. The van der Waals surface area contributed by atoms with Crippen molar-refractivity contribution in [3.8, 4) is 0 Å². The summed E-state index contributed by atoms with van der Waals surface area (Å²) >= 11 is 12.9. The molecule has 1 N–H and O–H groups in total. The van der Waals surface area contributed by atoms with Crippen molar-refractivity contribution in [3.63, 3.8) is 0 Å². The second-order valence-electron chi connectivity index (χ2n) is 8.00. The molecule has 2 aromatic rings. The number of carbonyl (C=O) groups is 1. The van der Waals surface area contributed by atoms with E-state index in [2.05, 4.69) is 11.4 Å². The van der Waals surface area contributed by atoms with Gasteiger partial charge in [0.25, 0.3) is 0 Å². The third-order valence-corrected chi connectivity index (χ3v) is 7.66. The highest BCUT2D eigenvalue weighted by Gasteiger charge is 2.54. The molecular formula is C22H21Cl2NO2. The molecule has 2 bridgehead atoms.